The molecule has 1 aliphatic heterocycles. The van der Waals surface area contributed by atoms with Crippen LogP contribution in [0.4, 0.5) is 0 Å². The molecule has 1 aromatic heterocycles. The number of hydrogen-bond acceptors (Lipinski definition) is 9. The molecule has 0 aliphatic carbocycles. The molecule has 1 atom stereocenters. The van der Waals surface area contributed by atoms with E-state index in [2.05, 4.69) is 0 Å². The fourth-order valence-corrected chi connectivity index (χ4v) is 6.14. The predicted molar refractivity (Wildman–Crippen MR) is 161 cm³/mol. The number of thiazole rings is 1. The molecule has 4 aromatic rings. The van der Waals surface area contributed by atoms with E-state index >= 15 is 0 Å². The Hall–Kier alpha value is -4.41. The Bertz CT molecular complexity index is 1850. The SMILES string of the molecule is CCOc1c(OC)cccc1[C@@H]1C(C(=O)OCCOC)=C(C)N=c2s/c(=C/c3c(OC)ccc4ccccc34)c(=O)n21. The number of aromatic nitrogens is 1. The Balaban J connectivity index is 1.78. The summed E-state index contributed by atoms with van der Waals surface area (Å²) in [6.07, 6.45) is 1.83. The van der Waals surface area contributed by atoms with Crippen LogP contribution in [0, 0.1) is 0 Å². The number of esters is 1. The van der Waals surface area contributed by atoms with Crippen molar-refractivity contribution >= 4 is 34.2 Å². The van der Waals surface area contributed by atoms with Crippen molar-refractivity contribution in [1.29, 1.82) is 0 Å². The van der Waals surface area contributed by atoms with E-state index in [1.54, 1.807) is 33.3 Å². The lowest BCUT2D eigenvalue weighted by Crippen LogP contribution is -2.40. The van der Waals surface area contributed by atoms with E-state index in [0.29, 0.717) is 44.4 Å². The quantitative estimate of drug-likeness (QED) is 0.204. The van der Waals surface area contributed by atoms with Gasteiger partial charge >= 0.3 is 5.97 Å². The Morgan fingerprint density at radius 3 is 2.52 bits per heavy atom. The molecule has 0 fully saturated rings. The highest BCUT2D eigenvalue weighted by Crippen LogP contribution is 2.41. The van der Waals surface area contributed by atoms with Crippen molar-refractivity contribution < 1.29 is 28.5 Å². The summed E-state index contributed by atoms with van der Waals surface area (Å²) in [5.41, 5.74) is 1.74. The van der Waals surface area contributed by atoms with Crippen molar-refractivity contribution in [2.24, 2.45) is 4.99 Å². The number of ether oxygens (including phenoxy) is 5. The molecule has 0 saturated heterocycles. The van der Waals surface area contributed by atoms with Gasteiger partial charge in [-0.1, -0.05) is 53.8 Å². The van der Waals surface area contributed by atoms with Gasteiger partial charge in [0.25, 0.3) is 5.56 Å². The smallest absolute Gasteiger partial charge is 0.338 e. The third-order valence-corrected chi connectivity index (χ3v) is 7.98. The minimum atomic E-state index is -0.871. The Kier molecular flexibility index (Phi) is 8.75. The van der Waals surface area contributed by atoms with Crippen molar-refractivity contribution in [3.05, 3.63) is 96.7 Å². The first kappa shape index (κ1) is 29.1. The Morgan fingerprint density at radius 1 is 1.00 bits per heavy atom. The molecular formula is C32H32N2O7S. The lowest BCUT2D eigenvalue weighted by atomic mass is 9.94. The Labute approximate surface area is 246 Å². The summed E-state index contributed by atoms with van der Waals surface area (Å²) in [6, 6.07) is 16.3. The molecule has 3 aromatic carbocycles. The summed E-state index contributed by atoms with van der Waals surface area (Å²) in [5.74, 6) is 0.975. The summed E-state index contributed by atoms with van der Waals surface area (Å²) >= 11 is 1.25. The van der Waals surface area contributed by atoms with Gasteiger partial charge in [-0.05, 0) is 42.8 Å². The molecule has 0 radical (unpaired) electrons. The van der Waals surface area contributed by atoms with Crippen molar-refractivity contribution in [1.82, 2.24) is 4.57 Å². The number of hydrogen-bond donors (Lipinski definition) is 0. The molecule has 9 nitrogen and oxygen atoms in total. The average molecular weight is 589 g/mol. The maximum absolute atomic E-state index is 14.3. The molecule has 0 bridgehead atoms. The van der Waals surface area contributed by atoms with E-state index in [1.165, 1.54) is 23.0 Å². The first-order chi connectivity index (χ1) is 20.4. The first-order valence-corrected chi connectivity index (χ1v) is 14.3. The number of fused-ring (bicyclic) bond motifs is 2. The second-order valence-electron chi connectivity index (χ2n) is 9.42. The van der Waals surface area contributed by atoms with Gasteiger partial charge in [0.15, 0.2) is 16.3 Å². The molecule has 0 amide bonds. The second kappa shape index (κ2) is 12.6. The van der Waals surface area contributed by atoms with Crippen LogP contribution in [-0.4, -0.2) is 51.7 Å². The molecule has 2 heterocycles. The highest BCUT2D eigenvalue weighted by atomic mass is 32.1. The maximum Gasteiger partial charge on any atom is 0.338 e. The fourth-order valence-electron chi connectivity index (χ4n) is 5.11. The topological polar surface area (TPSA) is 97.6 Å². The summed E-state index contributed by atoms with van der Waals surface area (Å²) in [5, 5.41) is 1.97. The van der Waals surface area contributed by atoms with Crippen LogP contribution in [0.3, 0.4) is 0 Å². The number of carbonyl (C=O) groups is 1. The standard InChI is InChI=1S/C32H32N2O7S/c1-6-40-29-22(12-9-13-25(29)39-5)28-27(31(36)41-17-16-37-3)19(2)33-32-34(28)30(35)26(42-32)18-23-21-11-8-7-10-20(21)14-15-24(23)38-4/h7-15,18,28H,6,16-17H2,1-5H3/b26-18+/t28-/m1/s1. The van der Waals surface area contributed by atoms with Crippen LogP contribution in [0.5, 0.6) is 17.2 Å². The molecule has 218 valence electrons. The Morgan fingerprint density at radius 2 is 1.79 bits per heavy atom. The molecule has 10 heteroatoms. The zero-order valence-electron chi connectivity index (χ0n) is 24.1. The summed E-state index contributed by atoms with van der Waals surface area (Å²) in [7, 11) is 4.68. The third kappa shape index (κ3) is 5.31. The monoisotopic (exact) mass is 588 g/mol. The van der Waals surface area contributed by atoms with Crippen molar-refractivity contribution in [3.8, 4) is 17.2 Å². The minimum absolute atomic E-state index is 0.0561. The van der Waals surface area contributed by atoms with Gasteiger partial charge in [-0.2, -0.15) is 0 Å². The first-order valence-electron chi connectivity index (χ1n) is 13.5. The summed E-state index contributed by atoms with van der Waals surface area (Å²) < 4.78 is 29.9. The molecule has 42 heavy (non-hydrogen) atoms. The van der Waals surface area contributed by atoms with Crippen molar-refractivity contribution in [2.75, 3.05) is 41.2 Å². The van der Waals surface area contributed by atoms with Crippen LogP contribution < -0.4 is 29.1 Å². The molecule has 0 spiro atoms. The zero-order valence-corrected chi connectivity index (χ0v) is 24.9. The number of benzene rings is 3. The van der Waals surface area contributed by atoms with Crippen LogP contribution in [0.1, 0.15) is 31.0 Å². The van der Waals surface area contributed by atoms with Gasteiger partial charge in [0.05, 0.1) is 43.2 Å². The highest BCUT2D eigenvalue weighted by molar-refractivity contribution is 7.07. The minimum Gasteiger partial charge on any atom is -0.496 e. The fraction of sp³-hybridized carbons (Fsp3) is 0.281. The molecule has 0 unspecified atom stereocenters. The molecule has 1 aliphatic rings. The van der Waals surface area contributed by atoms with Crippen LogP contribution in [-0.2, 0) is 14.3 Å². The number of allylic oxidation sites excluding steroid dienone is 1. The molecule has 0 saturated carbocycles. The van der Waals surface area contributed by atoms with Gasteiger partial charge in [0, 0.05) is 18.2 Å². The molecule has 5 rings (SSSR count). The normalized spacial score (nSPS) is 14.9. The van der Waals surface area contributed by atoms with E-state index in [-0.39, 0.29) is 24.3 Å². The number of methoxy groups -OCH3 is 3. The van der Waals surface area contributed by atoms with Gasteiger partial charge in [0.1, 0.15) is 18.4 Å². The lowest BCUT2D eigenvalue weighted by Gasteiger charge is -2.27. The van der Waals surface area contributed by atoms with E-state index in [9.17, 15) is 9.59 Å². The average Bonchev–Trinajstić information content (AvgIpc) is 3.30. The van der Waals surface area contributed by atoms with Crippen LogP contribution >= 0.6 is 11.3 Å². The van der Waals surface area contributed by atoms with Gasteiger partial charge in [-0.3, -0.25) is 9.36 Å². The lowest BCUT2D eigenvalue weighted by molar-refractivity contribution is -0.140. The second-order valence-corrected chi connectivity index (χ2v) is 10.4. The highest BCUT2D eigenvalue weighted by Gasteiger charge is 2.36. The number of nitrogens with zero attached hydrogens (tertiary/aromatic N) is 2. The third-order valence-electron chi connectivity index (χ3n) is 7.00. The van der Waals surface area contributed by atoms with Gasteiger partial charge < -0.3 is 23.7 Å². The van der Waals surface area contributed by atoms with E-state index in [1.807, 2.05) is 55.5 Å². The number of para-hydroxylation sites is 1. The maximum atomic E-state index is 14.3. The van der Waals surface area contributed by atoms with Crippen molar-refractivity contribution in [2.45, 2.75) is 19.9 Å². The van der Waals surface area contributed by atoms with E-state index in [0.717, 1.165) is 16.3 Å². The zero-order chi connectivity index (χ0) is 29.8. The van der Waals surface area contributed by atoms with Crippen LogP contribution in [0.2, 0.25) is 0 Å². The van der Waals surface area contributed by atoms with Gasteiger partial charge in [-0.25, -0.2) is 9.79 Å². The van der Waals surface area contributed by atoms with Crippen molar-refractivity contribution in [3.63, 3.8) is 0 Å². The number of carbonyl (C=O) groups excluding carboxylic acids is 1. The summed E-state index contributed by atoms with van der Waals surface area (Å²) in [6.45, 7) is 4.25. The summed E-state index contributed by atoms with van der Waals surface area (Å²) in [4.78, 5) is 33.0. The van der Waals surface area contributed by atoms with Gasteiger partial charge in [0.2, 0.25) is 0 Å². The predicted octanol–water partition coefficient (Wildman–Crippen LogP) is 3.99. The van der Waals surface area contributed by atoms with Crippen LogP contribution in [0.25, 0.3) is 16.8 Å². The van der Waals surface area contributed by atoms with E-state index < -0.39 is 12.0 Å². The van der Waals surface area contributed by atoms with Gasteiger partial charge in [-0.15, -0.1) is 0 Å². The van der Waals surface area contributed by atoms with E-state index in [4.69, 9.17) is 28.7 Å². The molecule has 0 N–H and O–H groups in total. The number of rotatable bonds is 10. The van der Waals surface area contributed by atoms with Crippen LogP contribution in [0.15, 0.2) is 75.7 Å². The molecular weight excluding hydrogens is 556 g/mol. The largest absolute Gasteiger partial charge is 0.496 e.